The Morgan fingerprint density at radius 1 is 1.33 bits per heavy atom. The van der Waals surface area contributed by atoms with E-state index in [2.05, 4.69) is 38.9 Å². The number of H-pyrrole nitrogens is 1. The second-order valence-corrected chi connectivity index (χ2v) is 4.07. The van der Waals surface area contributed by atoms with Crippen molar-refractivity contribution in [3.05, 3.63) is 33.4 Å². The molecule has 4 nitrogen and oxygen atoms in total. The number of benzene rings is 1. The molecule has 0 unspecified atom stereocenters. The Morgan fingerprint density at radius 2 is 2.00 bits per heavy atom. The Balaban J connectivity index is 2.47. The van der Waals surface area contributed by atoms with E-state index in [0.29, 0.717) is 11.4 Å². The van der Waals surface area contributed by atoms with E-state index < -0.39 is 0 Å². The molecule has 0 fully saturated rings. The second-order valence-electron chi connectivity index (χ2n) is 2.99. The average Bonchev–Trinajstić information content (AvgIpc) is 2.60. The molecule has 5 heteroatoms. The van der Waals surface area contributed by atoms with Crippen molar-refractivity contribution >= 4 is 28.4 Å². The van der Waals surface area contributed by atoms with Crippen LogP contribution in [0.25, 0.3) is 11.3 Å². The molecule has 15 heavy (non-hydrogen) atoms. The van der Waals surface area contributed by atoms with Gasteiger partial charge in [0.1, 0.15) is 11.5 Å². The third-order valence-corrected chi connectivity index (χ3v) is 3.11. The number of nitrogens with one attached hydrogen (secondary N) is 1. The lowest BCUT2D eigenvalue weighted by molar-refractivity contribution is 1.10. The third kappa shape index (κ3) is 1.80. The van der Waals surface area contributed by atoms with Crippen LogP contribution in [0.15, 0.2) is 24.3 Å². The summed E-state index contributed by atoms with van der Waals surface area (Å²) in [5.74, 6) is 0.565. The van der Waals surface area contributed by atoms with Gasteiger partial charge in [0.2, 0.25) is 0 Å². The fraction of sp³-hybridized carbons (Fsp3) is 0. The van der Waals surface area contributed by atoms with Crippen LogP contribution in [-0.4, -0.2) is 10.2 Å². The van der Waals surface area contributed by atoms with Gasteiger partial charge in [-0.3, -0.25) is 5.10 Å². The maximum absolute atomic E-state index is 8.66. The molecular weight excluding hydrogens is 303 g/mol. The van der Waals surface area contributed by atoms with Gasteiger partial charge in [0.25, 0.3) is 0 Å². The van der Waals surface area contributed by atoms with E-state index in [1.54, 1.807) is 12.1 Å². The molecule has 0 spiro atoms. The fourth-order valence-electron chi connectivity index (χ4n) is 1.24. The summed E-state index contributed by atoms with van der Waals surface area (Å²) in [6.07, 6.45) is 0. The predicted molar refractivity (Wildman–Crippen MR) is 65.9 cm³/mol. The maximum atomic E-state index is 8.66. The van der Waals surface area contributed by atoms with Gasteiger partial charge in [-0.25, -0.2) is 0 Å². The van der Waals surface area contributed by atoms with Gasteiger partial charge in [0.15, 0.2) is 0 Å². The van der Waals surface area contributed by atoms with Gasteiger partial charge in [-0.2, -0.15) is 10.4 Å². The van der Waals surface area contributed by atoms with E-state index in [9.17, 15) is 0 Å². The van der Waals surface area contributed by atoms with Gasteiger partial charge < -0.3 is 5.73 Å². The topological polar surface area (TPSA) is 78.5 Å². The highest BCUT2D eigenvalue weighted by atomic mass is 127. The third-order valence-electron chi connectivity index (χ3n) is 2.02. The summed E-state index contributed by atoms with van der Waals surface area (Å²) in [6, 6.07) is 9.31. The van der Waals surface area contributed by atoms with Crippen molar-refractivity contribution in [1.29, 1.82) is 5.26 Å². The molecule has 0 atom stereocenters. The van der Waals surface area contributed by atoms with Crippen molar-refractivity contribution < 1.29 is 0 Å². The summed E-state index contributed by atoms with van der Waals surface area (Å²) >= 11 is 2.14. The van der Waals surface area contributed by atoms with E-state index in [1.165, 1.54) is 0 Å². The zero-order valence-corrected chi connectivity index (χ0v) is 9.82. The Kier molecular flexibility index (Phi) is 2.60. The first kappa shape index (κ1) is 9.98. The molecule has 2 rings (SSSR count). The zero-order valence-electron chi connectivity index (χ0n) is 7.66. The number of hydrogen-bond donors (Lipinski definition) is 2. The second kappa shape index (κ2) is 3.90. The first-order valence-corrected chi connectivity index (χ1v) is 5.30. The lowest BCUT2D eigenvalue weighted by Crippen LogP contribution is -1.86. The molecule has 0 aliphatic heterocycles. The molecule has 0 aliphatic rings. The number of aromatic nitrogens is 2. The smallest absolute Gasteiger partial charge is 0.133 e. The highest BCUT2D eigenvalue weighted by molar-refractivity contribution is 14.1. The molecule has 0 bridgehead atoms. The number of nitrogens with two attached hydrogens (primary N) is 1. The SMILES string of the molecule is N#Cc1ccc(-c2n[nH]c(N)c2I)cc1. The van der Waals surface area contributed by atoms with Crippen LogP contribution >= 0.6 is 22.6 Å². The van der Waals surface area contributed by atoms with Crippen LogP contribution in [-0.2, 0) is 0 Å². The minimum absolute atomic E-state index is 0.565. The number of hydrogen-bond acceptors (Lipinski definition) is 3. The minimum atomic E-state index is 0.565. The van der Waals surface area contributed by atoms with Gasteiger partial charge in [0.05, 0.1) is 15.2 Å². The molecule has 1 aromatic heterocycles. The van der Waals surface area contributed by atoms with Crippen LogP contribution < -0.4 is 5.73 Å². The summed E-state index contributed by atoms with van der Waals surface area (Å²) in [4.78, 5) is 0. The van der Waals surface area contributed by atoms with Gasteiger partial charge in [0, 0.05) is 5.56 Å². The molecule has 2 aromatic rings. The first-order valence-electron chi connectivity index (χ1n) is 4.22. The Bertz CT molecular complexity index is 521. The highest BCUT2D eigenvalue weighted by Crippen LogP contribution is 2.26. The molecule has 0 amide bonds. The number of rotatable bonds is 1. The predicted octanol–water partition coefficient (Wildman–Crippen LogP) is 2.14. The van der Waals surface area contributed by atoms with Gasteiger partial charge in [-0.05, 0) is 34.7 Å². The first-order chi connectivity index (χ1) is 7.22. The number of nitrogens with zero attached hydrogens (tertiary/aromatic N) is 2. The van der Waals surface area contributed by atoms with E-state index in [4.69, 9.17) is 11.0 Å². The van der Waals surface area contributed by atoms with Crippen molar-refractivity contribution in [1.82, 2.24) is 10.2 Å². The number of nitriles is 1. The Morgan fingerprint density at radius 3 is 2.47 bits per heavy atom. The van der Waals surface area contributed by atoms with Crippen LogP contribution in [0.4, 0.5) is 5.82 Å². The molecular formula is C10H7IN4. The van der Waals surface area contributed by atoms with Crippen molar-refractivity contribution in [3.63, 3.8) is 0 Å². The highest BCUT2D eigenvalue weighted by Gasteiger charge is 2.09. The summed E-state index contributed by atoms with van der Waals surface area (Å²) in [7, 11) is 0. The minimum Gasteiger partial charge on any atom is -0.383 e. The van der Waals surface area contributed by atoms with Gasteiger partial charge in [-0.1, -0.05) is 12.1 Å². The van der Waals surface area contributed by atoms with E-state index in [0.717, 1.165) is 14.8 Å². The summed E-state index contributed by atoms with van der Waals surface area (Å²) in [5, 5.41) is 15.5. The molecule has 1 aromatic carbocycles. The van der Waals surface area contributed by atoms with Gasteiger partial charge >= 0.3 is 0 Å². The monoisotopic (exact) mass is 310 g/mol. The van der Waals surface area contributed by atoms with Crippen molar-refractivity contribution in [3.8, 4) is 17.3 Å². The molecule has 0 saturated carbocycles. The fourth-order valence-corrected chi connectivity index (χ4v) is 1.79. The molecule has 1 heterocycles. The molecule has 0 radical (unpaired) electrons. The summed E-state index contributed by atoms with van der Waals surface area (Å²) in [6.45, 7) is 0. The summed E-state index contributed by atoms with van der Waals surface area (Å²) in [5.41, 5.74) is 8.06. The van der Waals surface area contributed by atoms with E-state index >= 15 is 0 Å². The lowest BCUT2D eigenvalue weighted by atomic mass is 10.1. The van der Waals surface area contributed by atoms with Crippen molar-refractivity contribution in [2.75, 3.05) is 5.73 Å². The number of nitrogen functional groups attached to an aromatic ring is 1. The molecule has 0 saturated heterocycles. The van der Waals surface area contributed by atoms with Crippen molar-refractivity contribution in [2.45, 2.75) is 0 Å². The summed E-state index contributed by atoms with van der Waals surface area (Å²) < 4.78 is 0.900. The number of anilines is 1. The molecule has 0 aliphatic carbocycles. The average molecular weight is 310 g/mol. The van der Waals surface area contributed by atoms with Crippen LogP contribution in [0.2, 0.25) is 0 Å². The maximum Gasteiger partial charge on any atom is 0.133 e. The van der Waals surface area contributed by atoms with Crippen LogP contribution in [0, 0.1) is 14.9 Å². The van der Waals surface area contributed by atoms with Crippen LogP contribution in [0.3, 0.4) is 0 Å². The van der Waals surface area contributed by atoms with Crippen molar-refractivity contribution in [2.24, 2.45) is 0 Å². The molecule has 3 N–H and O–H groups in total. The number of halogens is 1. The Labute approximate surface area is 100 Å². The number of aromatic amines is 1. The van der Waals surface area contributed by atoms with Crippen LogP contribution in [0.5, 0.6) is 0 Å². The van der Waals surface area contributed by atoms with Crippen LogP contribution in [0.1, 0.15) is 5.56 Å². The van der Waals surface area contributed by atoms with E-state index in [-0.39, 0.29) is 0 Å². The normalized spacial score (nSPS) is 9.87. The lowest BCUT2D eigenvalue weighted by Gasteiger charge is -1.97. The largest absolute Gasteiger partial charge is 0.383 e. The van der Waals surface area contributed by atoms with E-state index in [1.807, 2.05) is 12.1 Å². The quantitative estimate of drug-likeness (QED) is 0.792. The Hall–Kier alpha value is -1.55. The zero-order chi connectivity index (χ0) is 10.8. The molecule has 74 valence electrons. The standard InChI is InChI=1S/C10H7IN4/c11-8-9(14-15-10(8)13)7-3-1-6(5-12)2-4-7/h1-4H,(H3,13,14,15). The van der Waals surface area contributed by atoms with Gasteiger partial charge in [-0.15, -0.1) is 0 Å².